The number of nitrogens with one attached hydrogen (secondary N) is 1. The van der Waals surface area contributed by atoms with Crippen LogP contribution < -0.4 is 10.1 Å². The molecule has 0 bridgehead atoms. The first-order valence-electron chi connectivity index (χ1n) is 5.91. The maximum absolute atomic E-state index is 13.7. The summed E-state index contributed by atoms with van der Waals surface area (Å²) < 4.78 is 54.4. The number of rotatable bonds is 4. The minimum absolute atomic E-state index is 0.0698. The number of ether oxygens (including phenoxy) is 1. The van der Waals surface area contributed by atoms with Crippen molar-refractivity contribution in [3.63, 3.8) is 0 Å². The highest BCUT2D eigenvalue weighted by atomic mass is 19.4. The number of hydrogen-bond donors (Lipinski definition) is 1. The summed E-state index contributed by atoms with van der Waals surface area (Å²) in [6.45, 7) is 1.39. The molecule has 1 aromatic carbocycles. The van der Waals surface area contributed by atoms with Crippen molar-refractivity contribution in [1.29, 1.82) is 0 Å². The van der Waals surface area contributed by atoms with Crippen LogP contribution in [0, 0.1) is 12.7 Å². The van der Waals surface area contributed by atoms with Gasteiger partial charge < -0.3 is 10.1 Å². The molecule has 0 atom stereocenters. The molecule has 2 aromatic rings. The first-order chi connectivity index (χ1) is 9.87. The number of alkyl halides is 3. The summed E-state index contributed by atoms with van der Waals surface area (Å²) in [5.41, 5.74) is 0.373. The number of aromatic nitrogens is 2. The largest absolute Gasteiger partial charge is 0.573 e. The van der Waals surface area contributed by atoms with E-state index in [4.69, 9.17) is 0 Å². The van der Waals surface area contributed by atoms with Gasteiger partial charge in [0.1, 0.15) is 12.1 Å². The lowest BCUT2D eigenvalue weighted by Crippen LogP contribution is -2.18. The van der Waals surface area contributed by atoms with Gasteiger partial charge in [-0.2, -0.15) is 0 Å². The van der Waals surface area contributed by atoms with Gasteiger partial charge in [-0.3, -0.25) is 0 Å². The molecule has 0 saturated carbocycles. The van der Waals surface area contributed by atoms with Crippen molar-refractivity contribution in [2.75, 3.05) is 5.32 Å². The average Bonchev–Trinajstić information content (AvgIpc) is 2.40. The molecule has 1 aromatic heterocycles. The molecule has 1 heterocycles. The van der Waals surface area contributed by atoms with Crippen LogP contribution in [0.25, 0.3) is 0 Å². The molecule has 0 radical (unpaired) electrons. The smallest absolute Gasteiger partial charge is 0.405 e. The summed E-state index contributed by atoms with van der Waals surface area (Å²) in [5.74, 6) is -1.07. The van der Waals surface area contributed by atoms with Crippen LogP contribution in [0.2, 0.25) is 0 Å². The fraction of sp³-hybridized carbons (Fsp3) is 0.231. The molecule has 0 aliphatic carbocycles. The van der Waals surface area contributed by atoms with E-state index in [1.807, 2.05) is 0 Å². The normalized spacial score (nSPS) is 11.3. The molecular weight excluding hydrogens is 290 g/mol. The van der Waals surface area contributed by atoms with Crippen molar-refractivity contribution in [3.05, 3.63) is 47.7 Å². The SMILES string of the molecule is Cc1ncnc(NCc2ccccc2OC(F)(F)F)c1F. The van der Waals surface area contributed by atoms with Crippen molar-refractivity contribution >= 4 is 5.82 Å². The van der Waals surface area contributed by atoms with E-state index in [9.17, 15) is 17.6 Å². The lowest BCUT2D eigenvalue weighted by Gasteiger charge is -2.14. The average molecular weight is 301 g/mol. The highest BCUT2D eigenvalue weighted by Crippen LogP contribution is 2.26. The Bertz CT molecular complexity index is 631. The maximum Gasteiger partial charge on any atom is 0.573 e. The van der Waals surface area contributed by atoms with Gasteiger partial charge in [-0.25, -0.2) is 14.4 Å². The van der Waals surface area contributed by atoms with Gasteiger partial charge in [0.15, 0.2) is 11.6 Å². The van der Waals surface area contributed by atoms with E-state index >= 15 is 0 Å². The predicted octanol–water partition coefficient (Wildman–Crippen LogP) is 3.43. The molecule has 0 unspecified atom stereocenters. The lowest BCUT2D eigenvalue weighted by molar-refractivity contribution is -0.274. The summed E-state index contributed by atoms with van der Waals surface area (Å²) in [5, 5.41) is 2.62. The van der Waals surface area contributed by atoms with Gasteiger partial charge in [0.05, 0.1) is 5.69 Å². The monoisotopic (exact) mass is 301 g/mol. The number of halogens is 4. The summed E-state index contributed by atoms with van der Waals surface area (Å²) in [6.07, 6.45) is -3.62. The van der Waals surface area contributed by atoms with Crippen LogP contribution in [0.3, 0.4) is 0 Å². The van der Waals surface area contributed by atoms with Crippen molar-refractivity contribution in [2.45, 2.75) is 19.8 Å². The van der Waals surface area contributed by atoms with Crippen molar-refractivity contribution in [1.82, 2.24) is 9.97 Å². The number of aryl methyl sites for hydroxylation is 1. The Hall–Kier alpha value is -2.38. The molecule has 8 heteroatoms. The molecule has 21 heavy (non-hydrogen) atoms. The summed E-state index contributed by atoms with van der Waals surface area (Å²) in [7, 11) is 0. The molecule has 0 saturated heterocycles. The fourth-order valence-corrected chi connectivity index (χ4v) is 1.63. The van der Waals surface area contributed by atoms with E-state index in [0.29, 0.717) is 0 Å². The van der Waals surface area contributed by atoms with Gasteiger partial charge >= 0.3 is 6.36 Å². The molecule has 0 amide bonds. The summed E-state index contributed by atoms with van der Waals surface area (Å²) >= 11 is 0. The Morgan fingerprint density at radius 2 is 1.90 bits per heavy atom. The van der Waals surface area contributed by atoms with Crippen LogP contribution in [0.5, 0.6) is 5.75 Å². The van der Waals surface area contributed by atoms with E-state index in [0.717, 1.165) is 0 Å². The number of hydrogen-bond acceptors (Lipinski definition) is 4. The van der Waals surface area contributed by atoms with E-state index in [1.54, 1.807) is 6.07 Å². The number of nitrogens with zero attached hydrogens (tertiary/aromatic N) is 2. The quantitative estimate of drug-likeness (QED) is 0.879. The Balaban J connectivity index is 2.15. The van der Waals surface area contributed by atoms with E-state index in [2.05, 4.69) is 20.0 Å². The summed E-state index contributed by atoms with van der Waals surface area (Å²) in [4.78, 5) is 7.36. The minimum atomic E-state index is -4.78. The van der Waals surface area contributed by atoms with E-state index in [1.165, 1.54) is 31.5 Å². The third-order valence-corrected chi connectivity index (χ3v) is 2.61. The third-order valence-electron chi connectivity index (χ3n) is 2.61. The number of para-hydroxylation sites is 1. The van der Waals surface area contributed by atoms with Gasteiger partial charge in [0.2, 0.25) is 0 Å². The van der Waals surface area contributed by atoms with E-state index < -0.39 is 12.2 Å². The lowest BCUT2D eigenvalue weighted by atomic mass is 10.2. The maximum atomic E-state index is 13.7. The molecule has 0 spiro atoms. The van der Waals surface area contributed by atoms with Crippen LogP contribution in [0.15, 0.2) is 30.6 Å². The van der Waals surface area contributed by atoms with Crippen LogP contribution in [0.4, 0.5) is 23.4 Å². The summed E-state index contributed by atoms with van der Waals surface area (Å²) in [6, 6.07) is 5.61. The zero-order valence-corrected chi connectivity index (χ0v) is 10.9. The molecule has 0 aliphatic heterocycles. The number of benzene rings is 1. The minimum Gasteiger partial charge on any atom is -0.405 e. The molecule has 2 rings (SSSR count). The topological polar surface area (TPSA) is 47.0 Å². The number of anilines is 1. The standard InChI is InChI=1S/C13H11F4N3O/c1-8-11(14)12(20-7-19-8)18-6-9-4-2-3-5-10(9)21-13(15,16)17/h2-5,7H,6H2,1H3,(H,18,19,20). The Kier molecular flexibility index (Phi) is 4.25. The first-order valence-corrected chi connectivity index (χ1v) is 5.91. The predicted molar refractivity (Wildman–Crippen MR) is 67.2 cm³/mol. The van der Waals surface area contributed by atoms with Crippen molar-refractivity contribution in [3.8, 4) is 5.75 Å². The van der Waals surface area contributed by atoms with Crippen LogP contribution >= 0.6 is 0 Å². The second kappa shape index (κ2) is 5.94. The molecule has 0 aliphatic rings. The fourth-order valence-electron chi connectivity index (χ4n) is 1.63. The van der Waals surface area contributed by atoms with Gasteiger partial charge in [-0.15, -0.1) is 13.2 Å². The van der Waals surface area contributed by atoms with Gasteiger partial charge in [0, 0.05) is 12.1 Å². The third kappa shape index (κ3) is 4.04. The highest BCUT2D eigenvalue weighted by Gasteiger charge is 2.31. The first kappa shape index (κ1) is 15.0. The second-order valence-electron chi connectivity index (χ2n) is 4.13. The second-order valence-corrected chi connectivity index (χ2v) is 4.13. The van der Waals surface area contributed by atoms with Crippen molar-refractivity contribution < 1.29 is 22.3 Å². The van der Waals surface area contributed by atoms with Crippen LogP contribution in [-0.4, -0.2) is 16.3 Å². The molecule has 4 nitrogen and oxygen atoms in total. The van der Waals surface area contributed by atoms with Crippen LogP contribution in [0.1, 0.15) is 11.3 Å². The molecule has 1 N–H and O–H groups in total. The van der Waals surface area contributed by atoms with E-state index in [-0.39, 0.29) is 29.4 Å². The van der Waals surface area contributed by atoms with Gasteiger partial charge in [-0.1, -0.05) is 18.2 Å². The molecule has 112 valence electrons. The Labute approximate surface area is 117 Å². The molecular formula is C13H11F4N3O. The Morgan fingerprint density at radius 3 is 2.62 bits per heavy atom. The molecule has 0 fully saturated rings. The zero-order valence-electron chi connectivity index (χ0n) is 10.9. The zero-order chi connectivity index (χ0) is 15.5. The van der Waals surface area contributed by atoms with Gasteiger partial charge in [0.25, 0.3) is 0 Å². The van der Waals surface area contributed by atoms with Crippen LogP contribution in [-0.2, 0) is 6.54 Å². The van der Waals surface area contributed by atoms with Crippen molar-refractivity contribution in [2.24, 2.45) is 0 Å². The van der Waals surface area contributed by atoms with Gasteiger partial charge in [-0.05, 0) is 13.0 Å². The highest BCUT2D eigenvalue weighted by molar-refractivity contribution is 5.41. The Morgan fingerprint density at radius 1 is 1.19 bits per heavy atom.